The SMILES string of the molecule is CC(C)(O)CC(=O)n1c(=O)n(C(=O)C(C)(C)O)c2ccc(Cn3cnc(OCc4ccc(F)cc4F)c(Cl)c3=O)cc21. The van der Waals surface area contributed by atoms with E-state index in [1.54, 1.807) is 0 Å². The molecule has 0 aliphatic rings. The van der Waals surface area contributed by atoms with Crippen LogP contribution in [0.25, 0.3) is 11.0 Å². The molecule has 0 aliphatic heterocycles. The summed E-state index contributed by atoms with van der Waals surface area (Å²) in [5.74, 6) is -3.63. The first-order valence-electron chi connectivity index (χ1n) is 12.6. The third-order valence-electron chi connectivity index (χ3n) is 6.15. The number of carbonyl (C=O) groups excluding carboxylic acids is 2. The summed E-state index contributed by atoms with van der Waals surface area (Å²) >= 11 is 6.17. The van der Waals surface area contributed by atoms with Crippen molar-refractivity contribution in [1.29, 1.82) is 0 Å². The Morgan fingerprint density at radius 2 is 1.69 bits per heavy atom. The van der Waals surface area contributed by atoms with Gasteiger partial charge in [-0.3, -0.25) is 19.0 Å². The summed E-state index contributed by atoms with van der Waals surface area (Å²) in [4.78, 5) is 56.2. The number of ether oxygens (including phenoxy) is 1. The first kappa shape index (κ1) is 30.8. The second-order valence-corrected chi connectivity index (χ2v) is 11.2. The molecule has 0 saturated heterocycles. The summed E-state index contributed by atoms with van der Waals surface area (Å²) in [5, 5.41) is 20.0. The molecule has 0 amide bonds. The third kappa shape index (κ3) is 6.32. The van der Waals surface area contributed by atoms with Crippen molar-refractivity contribution in [2.24, 2.45) is 0 Å². The molecule has 0 radical (unpaired) electrons. The Labute approximate surface area is 242 Å². The lowest BCUT2D eigenvalue weighted by Crippen LogP contribution is -2.42. The number of fused-ring (bicyclic) bond motifs is 1. The molecular weight excluding hydrogens is 578 g/mol. The van der Waals surface area contributed by atoms with Crippen molar-refractivity contribution < 1.29 is 33.3 Å². The molecule has 42 heavy (non-hydrogen) atoms. The number of rotatable bonds is 8. The number of nitrogens with zero attached hydrogens (tertiary/aromatic N) is 4. The molecule has 0 spiro atoms. The Kier molecular flexibility index (Phi) is 8.22. The second-order valence-electron chi connectivity index (χ2n) is 10.8. The molecule has 4 aromatic rings. The maximum absolute atomic E-state index is 13.9. The predicted molar refractivity (Wildman–Crippen MR) is 148 cm³/mol. The Bertz CT molecular complexity index is 1830. The molecule has 2 aromatic heterocycles. The van der Waals surface area contributed by atoms with Crippen molar-refractivity contribution in [1.82, 2.24) is 18.7 Å². The quantitative estimate of drug-likeness (QED) is 0.312. The number of halogens is 3. The van der Waals surface area contributed by atoms with Crippen LogP contribution in [-0.2, 0) is 13.2 Å². The minimum atomic E-state index is -1.94. The van der Waals surface area contributed by atoms with Crippen molar-refractivity contribution in [3.63, 3.8) is 0 Å². The molecule has 4 rings (SSSR count). The average Bonchev–Trinajstić information content (AvgIpc) is 3.16. The lowest BCUT2D eigenvalue weighted by molar-refractivity contribution is 0.0390. The van der Waals surface area contributed by atoms with Crippen molar-refractivity contribution in [3.8, 4) is 5.88 Å². The molecule has 2 heterocycles. The van der Waals surface area contributed by atoms with Crippen molar-refractivity contribution >= 4 is 34.4 Å². The van der Waals surface area contributed by atoms with Crippen molar-refractivity contribution in [3.05, 3.63) is 91.3 Å². The zero-order chi connectivity index (χ0) is 31.1. The van der Waals surface area contributed by atoms with Gasteiger partial charge in [0.15, 0.2) is 5.02 Å². The fourth-order valence-electron chi connectivity index (χ4n) is 4.15. The average molecular weight is 605 g/mol. The summed E-state index contributed by atoms with van der Waals surface area (Å²) in [6.45, 7) is 4.67. The molecular formula is C28H27ClF2N4O7. The van der Waals surface area contributed by atoms with Gasteiger partial charge < -0.3 is 14.9 Å². The first-order valence-corrected chi connectivity index (χ1v) is 13.0. The molecule has 0 bridgehead atoms. The Morgan fingerprint density at radius 3 is 2.31 bits per heavy atom. The van der Waals surface area contributed by atoms with Gasteiger partial charge in [-0.2, -0.15) is 0 Å². The Morgan fingerprint density at radius 1 is 1.00 bits per heavy atom. The van der Waals surface area contributed by atoms with Crippen LogP contribution in [0.4, 0.5) is 8.78 Å². The fourth-order valence-corrected chi connectivity index (χ4v) is 4.36. The van der Waals surface area contributed by atoms with E-state index in [2.05, 4.69) is 4.98 Å². The molecule has 2 aromatic carbocycles. The monoisotopic (exact) mass is 604 g/mol. The molecule has 0 aliphatic carbocycles. The highest BCUT2D eigenvalue weighted by Gasteiger charge is 2.32. The Balaban J connectivity index is 1.70. The van der Waals surface area contributed by atoms with E-state index in [9.17, 15) is 38.2 Å². The smallest absolute Gasteiger partial charge is 0.342 e. The zero-order valence-electron chi connectivity index (χ0n) is 23.0. The highest BCUT2D eigenvalue weighted by atomic mass is 35.5. The van der Waals surface area contributed by atoms with E-state index in [1.807, 2.05) is 0 Å². The van der Waals surface area contributed by atoms with Crippen LogP contribution in [0.1, 0.15) is 54.8 Å². The van der Waals surface area contributed by atoms with Gasteiger partial charge in [-0.1, -0.05) is 17.7 Å². The largest absolute Gasteiger partial charge is 0.471 e. The van der Waals surface area contributed by atoms with E-state index in [-0.39, 0.29) is 35.6 Å². The summed E-state index contributed by atoms with van der Waals surface area (Å²) in [6, 6.07) is 7.23. The van der Waals surface area contributed by atoms with Crippen LogP contribution in [0.2, 0.25) is 5.02 Å². The normalized spacial score (nSPS) is 12.1. The molecule has 0 saturated carbocycles. The number of aliphatic hydroxyl groups is 2. The van der Waals surface area contributed by atoms with Crippen LogP contribution in [0.5, 0.6) is 5.88 Å². The topological polar surface area (TPSA) is 146 Å². The van der Waals surface area contributed by atoms with Gasteiger partial charge in [-0.05, 0) is 57.5 Å². The molecule has 14 heteroatoms. The van der Waals surface area contributed by atoms with E-state index in [1.165, 1.54) is 52.0 Å². The lowest BCUT2D eigenvalue weighted by atomic mass is 10.1. The number of aromatic nitrogens is 4. The predicted octanol–water partition coefficient (Wildman–Crippen LogP) is 3.13. The van der Waals surface area contributed by atoms with Gasteiger partial charge in [-0.25, -0.2) is 27.7 Å². The van der Waals surface area contributed by atoms with Crippen LogP contribution in [0, 0.1) is 11.6 Å². The first-order chi connectivity index (χ1) is 19.5. The van der Waals surface area contributed by atoms with Crippen LogP contribution in [0.3, 0.4) is 0 Å². The van der Waals surface area contributed by atoms with Gasteiger partial charge in [0.2, 0.25) is 11.8 Å². The number of benzene rings is 2. The van der Waals surface area contributed by atoms with Crippen molar-refractivity contribution in [2.45, 2.75) is 58.5 Å². The highest BCUT2D eigenvalue weighted by Crippen LogP contribution is 2.22. The van der Waals surface area contributed by atoms with Gasteiger partial charge in [0.05, 0.1) is 29.6 Å². The van der Waals surface area contributed by atoms with Gasteiger partial charge in [0.25, 0.3) is 11.5 Å². The van der Waals surface area contributed by atoms with Crippen LogP contribution in [0.15, 0.2) is 52.3 Å². The summed E-state index contributed by atoms with van der Waals surface area (Å²) in [7, 11) is 0. The molecule has 0 unspecified atom stereocenters. The fraction of sp³-hybridized carbons (Fsp3) is 0.321. The lowest BCUT2D eigenvalue weighted by Gasteiger charge is -2.16. The summed E-state index contributed by atoms with van der Waals surface area (Å²) in [5.41, 5.74) is -4.68. The van der Waals surface area contributed by atoms with Gasteiger partial charge in [0.1, 0.15) is 30.2 Å². The molecule has 0 fully saturated rings. The van der Waals surface area contributed by atoms with Crippen LogP contribution >= 0.6 is 11.6 Å². The maximum atomic E-state index is 13.9. The minimum Gasteiger partial charge on any atom is -0.471 e. The maximum Gasteiger partial charge on any atom is 0.342 e. The van der Waals surface area contributed by atoms with E-state index >= 15 is 0 Å². The second kappa shape index (κ2) is 11.2. The molecule has 2 N–H and O–H groups in total. The van der Waals surface area contributed by atoms with E-state index in [0.29, 0.717) is 16.2 Å². The van der Waals surface area contributed by atoms with Gasteiger partial charge in [-0.15, -0.1) is 0 Å². The minimum absolute atomic E-state index is 0.0118. The van der Waals surface area contributed by atoms with Crippen LogP contribution in [-0.4, -0.2) is 51.9 Å². The summed E-state index contributed by atoms with van der Waals surface area (Å²) < 4.78 is 35.0. The molecule has 222 valence electrons. The number of hydrogen-bond acceptors (Lipinski definition) is 8. The zero-order valence-corrected chi connectivity index (χ0v) is 23.8. The number of carbonyl (C=O) groups is 2. The Hall–Kier alpha value is -4.20. The third-order valence-corrected chi connectivity index (χ3v) is 6.47. The van der Waals surface area contributed by atoms with Gasteiger partial charge in [0, 0.05) is 11.6 Å². The number of imidazole rings is 1. The molecule has 11 nitrogen and oxygen atoms in total. The number of hydrogen-bond donors (Lipinski definition) is 2. The van der Waals surface area contributed by atoms with Crippen LogP contribution < -0.4 is 16.0 Å². The standard InChI is InChI=1S/C28H27ClF2N4O7/c1-27(2,40)11-21(36)34-20-9-15(5-8-19(20)35(26(34)39)25(38)28(3,4)41)12-33-14-32-23(22(29)24(33)37)42-13-16-6-7-17(30)10-18(16)31/h5-10,14,40-41H,11-13H2,1-4H3. The van der Waals surface area contributed by atoms with E-state index in [4.69, 9.17) is 16.3 Å². The molecule has 0 atom stereocenters. The van der Waals surface area contributed by atoms with Crippen molar-refractivity contribution in [2.75, 3.05) is 0 Å². The van der Waals surface area contributed by atoms with E-state index in [0.717, 1.165) is 21.5 Å². The van der Waals surface area contributed by atoms with Gasteiger partial charge >= 0.3 is 5.69 Å². The highest BCUT2D eigenvalue weighted by molar-refractivity contribution is 6.31. The summed E-state index contributed by atoms with van der Waals surface area (Å²) in [6.07, 6.45) is 0.680. The van der Waals surface area contributed by atoms with E-state index < -0.39 is 57.3 Å².